The number of hydrogen-bond acceptors (Lipinski definition) is 2. The first-order valence-electron chi connectivity index (χ1n) is 10.1. The van der Waals surface area contributed by atoms with E-state index in [0.29, 0.717) is 23.7 Å². The number of esters is 1. The van der Waals surface area contributed by atoms with Gasteiger partial charge >= 0.3 is 5.97 Å². The first kappa shape index (κ1) is 20.0. The van der Waals surface area contributed by atoms with Gasteiger partial charge in [0, 0.05) is 0 Å². The maximum absolute atomic E-state index is 12.7. The largest absolute Gasteiger partial charge is 0.462 e. The smallest absolute Gasteiger partial charge is 0.313 e. The summed E-state index contributed by atoms with van der Waals surface area (Å²) < 4.78 is 6.01. The van der Waals surface area contributed by atoms with Crippen molar-refractivity contribution in [2.75, 3.05) is 0 Å². The summed E-state index contributed by atoms with van der Waals surface area (Å²) in [5.74, 6) is 2.10. The van der Waals surface area contributed by atoms with Crippen molar-refractivity contribution in [3.05, 3.63) is 35.4 Å². The van der Waals surface area contributed by atoms with E-state index in [9.17, 15) is 4.79 Å². The third-order valence-corrected chi connectivity index (χ3v) is 5.71. The average molecular weight is 345 g/mol. The summed E-state index contributed by atoms with van der Waals surface area (Å²) in [6, 6.07) is 8.48. The van der Waals surface area contributed by atoms with E-state index in [1.807, 2.05) is 6.92 Å². The summed E-state index contributed by atoms with van der Waals surface area (Å²) in [7, 11) is 0. The first-order valence-corrected chi connectivity index (χ1v) is 10.1. The van der Waals surface area contributed by atoms with Crippen LogP contribution >= 0.6 is 0 Å². The summed E-state index contributed by atoms with van der Waals surface area (Å²) in [4.78, 5) is 12.7. The predicted octanol–water partition coefficient (Wildman–Crippen LogP) is 5.99. The molecule has 0 spiro atoms. The molecule has 1 aliphatic rings. The van der Waals surface area contributed by atoms with Crippen LogP contribution in [0.2, 0.25) is 0 Å². The summed E-state index contributed by atoms with van der Waals surface area (Å²) >= 11 is 0. The van der Waals surface area contributed by atoms with E-state index < -0.39 is 0 Å². The molecule has 25 heavy (non-hydrogen) atoms. The van der Waals surface area contributed by atoms with Gasteiger partial charge < -0.3 is 4.74 Å². The Morgan fingerprint density at radius 1 is 1.08 bits per heavy atom. The molecule has 1 fully saturated rings. The van der Waals surface area contributed by atoms with Crippen molar-refractivity contribution in [1.29, 1.82) is 0 Å². The molecular weight excluding hydrogens is 308 g/mol. The lowest BCUT2D eigenvalue weighted by Gasteiger charge is -2.37. The molecule has 0 radical (unpaired) electrons. The molecule has 0 amide bonds. The van der Waals surface area contributed by atoms with Crippen LogP contribution in [0.3, 0.4) is 0 Å². The molecule has 1 saturated carbocycles. The average Bonchev–Trinajstić information content (AvgIpc) is 2.54. The van der Waals surface area contributed by atoms with Crippen LogP contribution in [-0.4, -0.2) is 12.1 Å². The molecule has 0 saturated heterocycles. The summed E-state index contributed by atoms with van der Waals surface area (Å²) in [5, 5.41) is 0. The molecule has 4 atom stereocenters. The summed E-state index contributed by atoms with van der Waals surface area (Å²) in [6.45, 7) is 13.2. The highest BCUT2D eigenvalue weighted by molar-refractivity contribution is 5.77. The van der Waals surface area contributed by atoms with Gasteiger partial charge in [-0.05, 0) is 61.0 Å². The van der Waals surface area contributed by atoms with Gasteiger partial charge in [0.1, 0.15) is 6.10 Å². The lowest BCUT2D eigenvalue weighted by atomic mass is 9.75. The Morgan fingerprint density at radius 3 is 2.28 bits per heavy atom. The molecule has 0 aliphatic heterocycles. The van der Waals surface area contributed by atoms with Crippen LogP contribution in [0.25, 0.3) is 0 Å². The molecule has 1 aliphatic carbocycles. The van der Waals surface area contributed by atoms with Gasteiger partial charge in [0.15, 0.2) is 0 Å². The quantitative estimate of drug-likeness (QED) is 0.592. The third kappa shape index (κ3) is 5.59. The molecule has 2 nitrogen and oxygen atoms in total. The zero-order chi connectivity index (χ0) is 18.6. The van der Waals surface area contributed by atoms with E-state index in [1.165, 1.54) is 18.4 Å². The Hall–Kier alpha value is -1.31. The second-order valence-electron chi connectivity index (χ2n) is 8.86. The highest BCUT2D eigenvalue weighted by Gasteiger charge is 2.34. The number of carbonyl (C=O) groups excluding carboxylic acids is 1. The zero-order valence-corrected chi connectivity index (χ0v) is 16.9. The monoisotopic (exact) mass is 344 g/mol. The highest BCUT2D eigenvalue weighted by atomic mass is 16.5. The molecule has 2 heteroatoms. The molecule has 0 bridgehead atoms. The maximum Gasteiger partial charge on any atom is 0.313 e. The Balaban J connectivity index is 2.01. The number of benzene rings is 1. The van der Waals surface area contributed by atoms with Crippen LogP contribution in [0.4, 0.5) is 0 Å². The number of ether oxygens (including phenoxy) is 1. The fourth-order valence-electron chi connectivity index (χ4n) is 4.05. The predicted molar refractivity (Wildman–Crippen MR) is 105 cm³/mol. The Kier molecular flexibility index (Phi) is 7.10. The molecule has 0 heterocycles. The molecule has 0 aromatic heterocycles. The van der Waals surface area contributed by atoms with Crippen LogP contribution < -0.4 is 0 Å². The lowest BCUT2D eigenvalue weighted by Crippen LogP contribution is -2.36. The number of hydrogen-bond donors (Lipinski definition) is 0. The normalized spacial score (nSPS) is 25.2. The number of rotatable bonds is 6. The van der Waals surface area contributed by atoms with Crippen molar-refractivity contribution in [3.8, 4) is 0 Å². The Bertz CT molecular complexity index is 544. The van der Waals surface area contributed by atoms with E-state index in [0.717, 1.165) is 18.4 Å². The summed E-state index contributed by atoms with van der Waals surface area (Å²) in [6.07, 6.45) is 4.60. The van der Waals surface area contributed by atoms with E-state index in [4.69, 9.17) is 4.74 Å². The summed E-state index contributed by atoms with van der Waals surface area (Å²) in [5.41, 5.74) is 2.39. The van der Waals surface area contributed by atoms with Crippen molar-refractivity contribution in [2.24, 2.45) is 23.7 Å². The molecular formula is C23H36O2. The lowest BCUT2D eigenvalue weighted by molar-refractivity contribution is -0.157. The van der Waals surface area contributed by atoms with Crippen molar-refractivity contribution in [3.63, 3.8) is 0 Å². The van der Waals surface area contributed by atoms with Gasteiger partial charge in [-0.1, -0.05) is 65.3 Å². The van der Waals surface area contributed by atoms with Gasteiger partial charge in [-0.3, -0.25) is 4.79 Å². The number of carbonyl (C=O) groups is 1. The fraction of sp³-hybridized carbons (Fsp3) is 0.696. The van der Waals surface area contributed by atoms with Crippen LogP contribution in [0.1, 0.15) is 77.8 Å². The minimum Gasteiger partial charge on any atom is -0.462 e. The van der Waals surface area contributed by atoms with Gasteiger partial charge in [-0.25, -0.2) is 0 Å². The van der Waals surface area contributed by atoms with Crippen LogP contribution in [-0.2, 0) is 16.0 Å². The molecule has 1 aromatic carbocycles. The van der Waals surface area contributed by atoms with Gasteiger partial charge in [-0.2, -0.15) is 0 Å². The van der Waals surface area contributed by atoms with E-state index >= 15 is 0 Å². The van der Waals surface area contributed by atoms with Crippen molar-refractivity contribution in [2.45, 2.75) is 79.2 Å². The van der Waals surface area contributed by atoms with Gasteiger partial charge in [-0.15, -0.1) is 0 Å². The standard InChI is InChI=1S/C23H36O2/c1-15(2)13-19-8-10-20(11-9-19)18(6)23(24)25-22-14-17(5)7-12-21(22)16(3)4/h8-11,15-18,21-22H,7,12-14H2,1-6H3/t17-,18?,21+,22-/m1/s1. The first-order chi connectivity index (χ1) is 11.8. The topological polar surface area (TPSA) is 26.3 Å². The fourth-order valence-corrected chi connectivity index (χ4v) is 4.05. The van der Waals surface area contributed by atoms with E-state index in [1.54, 1.807) is 0 Å². The van der Waals surface area contributed by atoms with Crippen molar-refractivity contribution in [1.82, 2.24) is 0 Å². The van der Waals surface area contributed by atoms with Gasteiger partial charge in [0.2, 0.25) is 0 Å². The Morgan fingerprint density at radius 2 is 1.72 bits per heavy atom. The van der Waals surface area contributed by atoms with Gasteiger partial charge in [0.05, 0.1) is 5.92 Å². The molecule has 2 rings (SSSR count). The minimum atomic E-state index is -0.196. The van der Waals surface area contributed by atoms with E-state index in [-0.39, 0.29) is 18.0 Å². The molecule has 1 unspecified atom stereocenters. The van der Waals surface area contributed by atoms with E-state index in [2.05, 4.69) is 58.9 Å². The Labute approximate surface area is 154 Å². The van der Waals surface area contributed by atoms with Crippen molar-refractivity contribution >= 4 is 5.97 Å². The zero-order valence-electron chi connectivity index (χ0n) is 16.9. The second-order valence-corrected chi connectivity index (χ2v) is 8.86. The second kappa shape index (κ2) is 8.87. The minimum absolute atomic E-state index is 0.0682. The molecule has 140 valence electrons. The maximum atomic E-state index is 12.7. The van der Waals surface area contributed by atoms with Crippen LogP contribution in [0.5, 0.6) is 0 Å². The third-order valence-electron chi connectivity index (χ3n) is 5.71. The highest BCUT2D eigenvalue weighted by Crippen LogP contribution is 2.36. The van der Waals surface area contributed by atoms with Crippen LogP contribution in [0.15, 0.2) is 24.3 Å². The molecule has 1 aromatic rings. The van der Waals surface area contributed by atoms with Crippen LogP contribution in [0, 0.1) is 23.7 Å². The van der Waals surface area contributed by atoms with Crippen molar-refractivity contribution < 1.29 is 9.53 Å². The SMILES string of the molecule is CC(C)Cc1ccc(C(C)C(=O)O[C@@H]2C[C@H](C)CC[C@H]2C(C)C)cc1. The van der Waals surface area contributed by atoms with Gasteiger partial charge in [0.25, 0.3) is 0 Å². The molecule has 0 N–H and O–H groups in total.